The molecule has 2 heterocycles. The van der Waals surface area contributed by atoms with E-state index in [0.29, 0.717) is 19.5 Å². The Morgan fingerprint density at radius 2 is 2.12 bits per heavy atom. The van der Waals surface area contributed by atoms with Crippen molar-refractivity contribution < 1.29 is 9.59 Å². The summed E-state index contributed by atoms with van der Waals surface area (Å²) >= 11 is 0. The van der Waals surface area contributed by atoms with Crippen LogP contribution in [-0.2, 0) is 9.59 Å². The molecule has 2 rings (SSSR count). The van der Waals surface area contributed by atoms with Gasteiger partial charge in [0.25, 0.3) is 0 Å². The first kappa shape index (κ1) is 11.0. The number of piperidine rings is 1. The van der Waals surface area contributed by atoms with Crippen molar-refractivity contribution in [3.05, 3.63) is 0 Å². The number of fused-ring (bicyclic) bond motifs is 1. The fraction of sp³-hybridized carbons (Fsp3) is 0.667. The molecular formula is C12H16N2O2. The molecule has 2 aliphatic rings. The van der Waals surface area contributed by atoms with Crippen LogP contribution >= 0.6 is 0 Å². The van der Waals surface area contributed by atoms with Crippen LogP contribution in [-0.4, -0.2) is 47.3 Å². The quantitative estimate of drug-likeness (QED) is 0.594. The maximum atomic E-state index is 12.2. The minimum atomic E-state index is -0.253. The Kier molecular flexibility index (Phi) is 3.14. The zero-order valence-corrected chi connectivity index (χ0v) is 9.32. The van der Waals surface area contributed by atoms with Gasteiger partial charge in [-0.05, 0) is 19.3 Å². The normalized spacial score (nSPS) is 26.1. The summed E-state index contributed by atoms with van der Waals surface area (Å²) in [6.45, 7) is 1.50. The van der Waals surface area contributed by atoms with Gasteiger partial charge in [-0.2, -0.15) is 0 Å². The lowest BCUT2D eigenvalue weighted by molar-refractivity contribution is -0.142. The maximum Gasteiger partial charge on any atom is 0.246 e. The molecule has 16 heavy (non-hydrogen) atoms. The first-order valence-corrected chi connectivity index (χ1v) is 5.76. The number of carbonyl (C=O) groups is 2. The molecule has 0 spiro atoms. The highest BCUT2D eigenvalue weighted by Crippen LogP contribution is 2.22. The van der Waals surface area contributed by atoms with Gasteiger partial charge in [0, 0.05) is 19.5 Å². The third-order valence-corrected chi connectivity index (χ3v) is 3.30. The van der Waals surface area contributed by atoms with Crippen LogP contribution in [0, 0.1) is 12.3 Å². The van der Waals surface area contributed by atoms with E-state index in [1.54, 1.807) is 9.80 Å². The van der Waals surface area contributed by atoms with E-state index in [-0.39, 0.29) is 17.9 Å². The minimum absolute atomic E-state index is 0.0310. The molecule has 0 bridgehead atoms. The van der Waals surface area contributed by atoms with E-state index in [2.05, 4.69) is 5.92 Å². The summed E-state index contributed by atoms with van der Waals surface area (Å²) in [7, 11) is 0. The van der Waals surface area contributed by atoms with E-state index in [1.807, 2.05) is 0 Å². The summed E-state index contributed by atoms with van der Waals surface area (Å²) in [5.74, 6) is 2.61. The van der Waals surface area contributed by atoms with Crippen molar-refractivity contribution in [3.63, 3.8) is 0 Å². The predicted molar refractivity (Wildman–Crippen MR) is 59.4 cm³/mol. The molecule has 1 atom stereocenters. The second-order valence-corrected chi connectivity index (χ2v) is 4.31. The zero-order chi connectivity index (χ0) is 11.5. The SMILES string of the molecule is C#CCN1CCC(=O)N2CCCCC2C1=O. The number of hydrogen-bond acceptors (Lipinski definition) is 2. The third-order valence-electron chi connectivity index (χ3n) is 3.30. The average Bonchev–Trinajstić information content (AvgIpc) is 2.43. The topological polar surface area (TPSA) is 40.6 Å². The van der Waals surface area contributed by atoms with Crippen LogP contribution in [0.3, 0.4) is 0 Å². The standard InChI is InChI=1S/C12H16N2O2/c1-2-7-13-9-6-11(15)14-8-4-3-5-10(14)12(13)16/h1,10H,3-9H2. The lowest BCUT2D eigenvalue weighted by atomic mass is 10.0. The van der Waals surface area contributed by atoms with E-state index >= 15 is 0 Å². The lowest BCUT2D eigenvalue weighted by Crippen LogP contribution is -2.49. The van der Waals surface area contributed by atoms with Gasteiger partial charge in [-0.15, -0.1) is 6.42 Å². The van der Waals surface area contributed by atoms with Crippen molar-refractivity contribution in [1.82, 2.24) is 9.80 Å². The van der Waals surface area contributed by atoms with Gasteiger partial charge < -0.3 is 9.80 Å². The molecule has 0 aromatic heterocycles. The largest absolute Gasteiger partial charge is 0.331 e. The molecule has 0 aromatic rings. The minimum Gasteiger partial charge on any atom is -0.331 e. The Labute approximate surface area is 95.6 Å². The summed E-state index contributed by atoms with van der Waals surface area (Å²) < 4.78 is 0. The highest BCUT2D eigenvalue weighted by Gasteiger charge is 2.37. The molecule has 86 valence electrons. The molecule has 2 aliphatic heterocycles. The Morgan fingerprint density at radius 3 is 2.88 bits per heavy atom. The van der Waals surface area contributed by atoms with Gasteiger partial charge in [-0.1, -0.05) is 5.92 Å². The van der Waals surface area contributed by atoms with Gasteiger partial charge in [0.15, 0.2) is 0 Å². The van der Waals surface area contributed by atoms with E-state index in [0.717, 1.165) is 25.8 Å². The van der Waals surface area contributed by atoms with Crippen LogP contribution < -0.4 is 0 Å². The second kappa shape index (κ2) is 4.56. The monoisotopic (exact) mass is 220 g/mol. The molecule has 0 aromatic carbocycles. The van der Waals surface area contributed by atoms with Gasteiger partial charge in [0.1, 0.15) is 6.04 Å². The van der Waals surface area contributed by atoms with Gasteiger partial charge in [-0.3, -0.25) is 9.59 Å². The van der Waals surface area contributed by atoms with E-state index in [9.17, 15) is 9.59 Å². The highest BCUT2D eigenvalue weighted by atomic mass is 16.2. The Balaban J connectivity index is 2.19. The molecule has 0 N–H and O–H groups in total. The van der Waals surface area contributed by atoms with E-state index in [4.69, 9.17) is 6.42 Å². The first-order chi connectivity index (χ1) is 7.74. The predicted octanol–water partition coefficient (Wildman–Crippen LogP) is 0.233. The fourth-order valence-electron chi connectivity index (χ4n) is 2.45. The van der Waals surface area contributed by atoms with Gasteiger partial charge in [-0.25, -0.2) is 0 Å². The molecule has 2 amide bonds. The van der Waals surface area contributed by atoms with Crippen molar-refractivity contribution in [2.45, 2.75) is 31.7 Å². The highest BCUT2D eigenvalue weighted by molar-refractivity contribution is 5.90. The summed E-state index contributed by atoms with van der Waals surface area (Å²) in [5, 5.41) is 0. The van der Waals surface area contributed by atoms with Gasteiger partial charge in [0.05, 0.1) is 6.54 Å². The molecule has 0 radical (unpaired) electrons. The molecule has 4 nitrogen and oxygen atoms in total. The third kappa shape index (κ3) is 1.90. The molecular weight excluding hydrogens is 204 g/mol. The maximum absolute atomic E-state index is 12.2. The number of nitrogens with zero attached hydrogens (tertiary/aromatic N) is 2. The molecule has 0 saturated carbocycles. The average molecular weight is 220 g/mol. The number of amides is 2. The summed E-state index contributed by atoms with van der Waals surface area (Å²) in [6.07, 6.45) is 8.45. The number of hydrogen-bond donors (Lipinski definition) is 0. The summed E-state index contributed by atoms with van der Waals surface area (Å²) in [4.78, 5) is 27.4. The molecule has 2 fully saturated rings. The smallest absolute Gasteiger partial charge is 0.246 e. The number of rotatable bonds is 1. The van der Waals surface area contributed by atoms with Gasteiger partial charge >= 0.3 is 0 Å². The summed E-state index contributed by atoms with van der Waals surface area (Å²) in [6, 6.07) is -0.253. The zero-order valence-electron chi connectivity index (χ0n) is 9.32. The van der Waals surface area contributed by atoms with Crippen molar-refractivity contribution in [3.8, 4) is 12.3 Å². The van der Waals surface area contributed by atoms with Crippen molar-refractivity contribution in [1.29, 1.82) is 0 Å². The van der Waals surface area contributed by atoms with Crippen LogP contribution in [0.15, 0.2) is 0 Å². The van der Waals surface area contributed by atoms with E-state index in [1.165, 1.54) is 0 Å². The van der Waals surface area contributed by atoms with E-state index < -0.39 is 0 Å². The van der Waals surface area contributed by atoms with Crippen LogP contribution in [0.25, 0.3) is 0 Å². The molecule has 2 saturated heterocycles. The fourth-order valence-corrected chi connectivity index (χ4v) is 2.45. The van der Waals surface area contributed by atoms with Crippen molar-refractivity contribution >= 4 is 11.8 Å². The van der Waals surface area contributed by atoms with Crippen LogP contribution in [0.4, 0.5) is 0 Å². The Morgan fingerprint density at radius 1 is 1.31 bits per heavy atom. The van der Waals surface area contributed by atoms with Crippen LogP contribution in [0.1, 0.15) is 25.7 Å². The number of terminal acetylenes is 1. The van der Waals surface area contributed by atoms with Crippen molar-refractivity contribution in [2.75, 3.05) is 19.6 Å². The second-order valence-electron chi connectivity index (χ2n) is 4.31. The Hall–Kier alpha value is -1.50. The van der Waals surface area contributed by atoms with Gasteiger partial charge in [0.2, 0.25) is 11.8 Å². The number of carbonyl (C=O) groups excluding carboxylic acids is 2. The first-order valence-electron chi connectivity index (χ1n) is 5.76. The summed E-state index contributed by atoms with van der Waals surface area (Å²) in [5.41, 5.74) is 0. The Bertz CT molecular complexity index is 345. The van der Waals surface area contributed by atoms with Crippen molar-refractivity contribution in [2.24, 2.45) is 0 Å². The van der Waals surface area contributed by atoms with Crippen LogP contribution in [0.5, 0.6) is 0 Å². The lowest BCUT2D eigenvalue weighted by Gasteiger charge is -2.34. The molecule has 0 aliphatic carbocycles. The molecule has 1 unspecified atom stereocenters. The molecule has 4 heteroatoms. The van der Waals surface area contributed by atoms with Crippen LogP contribution in [0.2, 0.25) is 0 Å².